The number of Topliss-reactive ketones (excluding diaryl/α,β-unsaturated/α-hetero) is 1. The third-order valence-electron chi connectivity index (χ3n) is 1.44. The van der Waals surface area contributed by atoms with E-state index in [2.05, 4.69) is 4.74 Å². The van der Waals surface area contributed by atoms with Crippen LogP contribution in [0.4, 0.5) is 0 Å². The molecule has 0 radical (unpaired) electrons. The second-order valence-electron chi connectivity index (χ2n) is 3.10. The second-order valence-corrected chi connectivity index (χ2v) is 5.09. The second kappa shape index (κ2) is 13.3. The molecule has 7 heteroatoms. The summed E-state index contributed by atoms with van der Waals surface area (Å²) in [5.41, 5.74) is 0. The van der Waals surface area contributed by atoms with Gasteiger partial charge in [0.2, 0.25) is 0 Å². The van der Waals surface area contributed by atoms with Gasteiger partial charge in [0, 0.05) is 21.3 Å². The van der Waals surface area contributed by atoms with E-state index in [4.69, 9.17) is 13.3 Å². The van der Waals surface area contributed by atoms with Crippen LogP contribution in [-0.2, 0) is 27.6 Å². The minimum atomic E-state index is -1.67. The summed E-state index contributed by atoms with van der Waals surface area (Å²) in [5.74, 6) is -0.574. The summed E-state index contributed by atoms with van der Waals surface area (Å²) < 4.78 is 18.9. The zero-order valence-corrected chi connectivity index (χ0v) is 12.3. The first-order chi connectivity index (χ1) is 8.01. The number of rotatable bonds is 7. The molecule has 0 aromatic rings. The molecule has 0 aliphatic heterocycles. The Kier molecular flexibility index (Phi) is 14.6. The summed E-state index contributed by atoms with van der Waals surface area (Å²) in [4.78, 5) is 20.9. The van der Waals surface area contributed by atoms with Crippen LogP contribution in [0.5, 0.6) is 0 Å². The molecule has 0 atom stereocenters. The third kappa shape index (κ3) is 15.2. The van der Waals surface area contributed by atoms with Crippen LogP contribution in [0, 0.1) is 0 Å². The van der Waals surface area contributed by atoms with Crippen molar-refractivity contribution in [1.29, 1.82) is 0 Å². The topological polar surface area (TPSA) is 71.1 Å². The van der Waals surface area contributed by atoms with E-state index in [9.17, 15) is 9.59 Å². The maximum Gasteiger partial charge on any atom is 0.483 e. The lowest BCUT2D eigenvalue weighted by Crippen LogP contribution is -2.21. The molecule has 6 nitrogen and oxygen atoms in total. The Labute approximate surface area is 104 Å². The number of carbonyl (C=O) groups is 2. The first-order valence-electron chi connectivity index (χ1n) is 5.25. The number of carbonyl (C=O) groups excluding carboxylic acids is 2. The van der Waals surface area contributed by atoms with Crippen molar-refractivity contribution in [3.05, 3.63) is 0 Å². The van der Waals surface area contributed by atoms with Gasteiger partial charge in [0.05, 0.1) is 6.61 Å². The van der Waals surface area contributed by atoms with Crippen LogP contribution >= 0.6 is 0 Å². The zero-order chi connectivity index (χ0) is 13.7. The van der Waals surface area contributed by atoms with Crippen molar-refractivity contribution in [3.8, 4) is 0 Å². The highest BCUT2D eigenvalue weighted by atomic mass is 28.3. The van der Waals surface area contributed by atoms with E-state index in [0.717, 1.165) is 6.42 Å². The van der Waals surface area contributed by atoms with Gasteiger partial charge in [-0.05, 0) is 13.3 Å². The molecule has 0 bridgehead atoms. The van der Waals surface area contributed by atoms with E-state index in [-0.39, 0.29) is 12.2 Å². The summed E-state index contributed by atoms with van der Waals surface area (Å²) in [7, 11) is 3.05. The lowest BCUT2D eigenvalue weighted by molar-refractivity contribution is -0.145. The van der Waals surface area contributed by atoms with Crippen LogP contribution < -0.4 is 0 Å². The van der Waals surface area contributed by atoms with Gasteiger partial charge in [0.1, 0.15) is 12.2 Å². The average Bonchev–Trinajstić information content (AvgIpc) is 2.29. The standard InChI is InChI=1S/C7H12O3.C3H10O3Si/c1-3-4-10-7(9)5-6(2)8;1-4-7(5-2)6-3/h3-5H2,1-2H3;7H,1-3H3. The average molecular weight is 266 g/mol. The van der Waals surface area contributed by atoms with E-state index < -0.39 is 15.5 Å². The van der Waals surface area contributed by atoms with Crippen LogP contribution in [0.15, 0.2) is 0 Å². The molecule has 0 amide bonds. The molecule has 0 aromatic heterocycles. The molecule has 0 heterocycles. The van der Waals surface area contributed by atoms with Gasteiger partial charge < -0.3 is 18.0 Å². The lowest BCUT2D eigenvalue weighted by atomic mass is 10.3. The minimum absolute atomic E-state index is 0.0972. The molecule has 0 fully saturated rings. The Bertz CT molecular complexity index is 199. The molecule has 0 unspecified atom stereocenters. The fourth-order valence-corrected chi connectivity index (χ4v) is 1.34. The Morgan fingerprint density at radius 1 is 1.06 bits per heavy atom. The van der Waals surface area contributed by atoms with E-state index in [1.807, 2.05) is 6.92 Å². The van der Waals surface area contributed by atoms with Crippen molar-refractivity contribution in [3.63, 3.8) is 0 Å². The first kappa shape index (κ1) is 18.6. The van der Waals surface area contributed by atoms with E-state index in [1.165, 1.54) is 6.92 Å². The SMILES string of the molecule is CCCOC(=O)CC(C)=O.CO[SiH](OC)OC. The molecule has 0 rings (SSSR count). The van der Waals surface area contributed by atoms with Gasteiger partial charge in [-0.1, -0.05) is 6.92 Å². The van der Waals surface area contributed by atoms with Gasteiger partial charge in [-0.15, -0.1) is 0 Å². The summed E-state index contributed by atoms with van der Waals surface area (Å²) in [6.45, 7) is 3.68. The first-order valence-corrected chi connectivity index (χ1v) is 6.66. The molecule has 0 N–H and O–H groups in total. The number of esters is 1. The van der Waals surface area contributed by atoms with Crippen molar-refractivity contribution in [2.24, 2.45) is 0 Å². The van der Waals surface area contributed by atoms with Crippen molar-refractivity contribution >= 4 is 21.3 Å². The molecule has 102 valence electrons. The number of hydrogen-bond donors (Lipinski definition) is 0. The van der Waals surface area contributed by atoms with Crippen LogP contribution in [0.3, 0.4) is 0 Å². The smallest absolute Gasteiger partial charge is 0.465 e. The van der Waals surface area contributed by atoms with E-state index in [1.54, 1.807) is 21.3 Å². The van der Waals surface area contributed by atoms with Gasteiger partial charge in [-0.3, -0.25) is 9.59 Å². The number of ether oxygens (including phenoxy) is 1. The molecular weight excluding hydrogens is 244 g/mol. The van der Waals surface area contributed by atoms with Crippen molar-refractivity contribution < 1.29 is 27.6 Å². The maximum atomic E-state index is 10.6. The number of hydrogen-bond acceptors (Lipinski definition) is 6. The molecule has 0 saturated heterocycles. The quantitative estimate of drug-likeness (QED) is 0.381. The highest BCUT2D eigenvalue weighted by Crippen LogP contribution is 1.88. The predicted molar refractivity (Wildman–Crippen MR) is 64.7 cm³/mol. The van der Waals surface area contributed by atoms with Crippen molar-refractivity contribution in [2.75, 3.05) is 27.9 Å². The zero-order valence-electron chi connectivity index (χ0n) is 11.1. The largest absolute Gasteiger partial charge is 0.483 e. The van der Waals surface area contributed by atoms with Crippen LogP contribution in [0.2, 0.25) is 0 Å². The van der Waals surface area contributed by atoms with Crippen LogP contribution in [-0.4, -0.2) is 49.2 Å². The van der Waals surface area contributed by atoms with Gasteiger partial charge in [-0.2, -0.15) is 0 Å². The van der Waals surface area contributed by atoms with Gasteiger partial charge in [-0.25, -0.2) is 0 Å². The molecule has 0 saturated carbocycles. The Morgan fingerprint density at radius 2 is 1.53 bits per heavy atom. The van der Waals surface area contributed by atoms with Crippen LogP contribution in [0.25, 0.3) is 0 Å². The Hall–Kier alpha value is -0.763. The van der Waals surface area contributed by atoms with Gasteiger partial charge >= 0.3 is 15.5 Å². The molecule has 17 heavy (non-hydrogen) atoms. The fraction of sp³-hybridized carbons (Fsp3) is 0.800. The van der Waals surface area contributed by atoms with E-state index >= 15 is 0 Å². The maximum absolute atomic E-state index is 10.6. The summed E-state index contributed by atoms with van der Waals surface area (Å²) >= 11 is 0. The lowest BCUT2D eigenvalue weighted by Gasteiger charge is -2.05. The summed E-state index contributed by atoms with van der Waals surface area (Å²) in [6.07, 6.45) is 0.698. The van der Waals surface area contributed by atoms with Crippen molar-refractivity contribution in [1.82, 2.24) is 0 Å². The Balaban J connectivity index is 0. The molecule has 0 aromatic carbocycles. The molecule has 0 aliphatic carbocycles. The predicted octanol–water partition coefficient (Wildman–Crippen LogP) is 0.561. The van der Waals surface area contributed by atoms with Crippen LogP contribution in [0.1, 0.15) is 26.7 Å². The van der Waals surface area contributed by atoms with E-state index in [0.29, 0.717) is 6.61 Å². The van der Waals surface area contributed by atoms with Gasteiger partial charge in [0.15, 0.2) is 0 Å². The molecule has 0 spiro atoms. The summed E-state index contributed by atoms with van der Waals surface area (Å²) in [5, 5.41) is 0. The normalized spacial score (nSPS) is 9.53. The molecule has 0 aliphatic rings. The van der Waals surface area contributed by atoms with Gasteiger partial charge in [0.25, 0.3) is 0 Å². The Morgan fingerprint density at radius 3 is 1.76 bits per heavy atom. The summed E-state index contributed by atoms with van der Waals surface area (Å²) in [6, 6.07) is 0. The minimum Gasteiger partial charge on any atom is -0.465 e. The fourth-order valence-electron chi connectivity index (χ4n) is 0.759. The third-order valence-corrected chi connectivity index (χ3v) is 2.59. The van der Waals surface area contributed by atoms with Crippen molar-refractivity contribution in [2.45, 2.75) is 26.7 Å². The highest BCUT2D eigenvalue weighted by Gasteiger charge is 2.05. The molecular formula is C10H22O6Si. The number of ketones is 1. The monoisotopic (exact) mass is 266 g/mol. The highest BCUT2D eigenvalue weighted by molar-refractivity contribution is 6.36.